The minimum absolute atomic E-state index is 0.231. The Kier molecular flexibility index (Phi) is 4.85. The van der Waals surface area contributed by atoms with Crippen LogP contribution in [-0.2, 0) is 0 Å². The first-order valence-electron chi connectivity index (χ1n) is 6.34. The lowest BCUT2D eigenvalue weighted by molar-refractivity contribution is 0.102. The Balaban J connectivity index is 2.25. The molecule has 0 spiro atoms. The lowest BCUT2D eigenvalue weighted by Crippen LogP contribution is -2.13. The van der Waals surface area contributed by atoms with Crippen molar-refractivity contribution >= 4 is 27.5 Å². The topological polar surface area (TPSA) is 47.6 Å². The van der Waals surface area contributed by atoms with E-state index in [0.29, 0.717) is 17.1 Å². The molecule has 0 fully saturated rings. The molecule has 0 aromatic heterocycles. The van der Waals surface area contributed by atoms with E-state index in [1.54, 1.807) is 25.3 Å². The van der Waals surface area contributed by atoms with Gasteiger partial charge in [-0.25, -0.2) is 0 Å². The zero-order valence-corrected chi connectivity index (χ0v) is 13.7. The molecule has 0 aliphatic heterocycles. The molecular formula is C16H16BrNO3. The number of hydrogen-bond donors (Lipinski definition) is 1. The van der Waals surface area contributed by atoms with E-state index in [-0.39, 0.29) is 5.91 Å². The molecule has 2 aromatic rings. The number of ether oxygens (including phenoxy) is 2. The molecule has 5 heteroatoms. The number of amides is 1. The number of nitrogens with one attached hydrogen (secondary N) is 1. The quantitative estimate of drug-likeness (QED) is 0.906. The summed E-state index contributed by atoms with van der Waals surface area (Å²) in [5.41, 5.74) is 2.28. The van der Waals surface area contributed by atoms with Crippen LogP contribution in [0.5, 0.6) is 11.5 Å². The summed E-state index contributed by atoms with van der Waals surface area (Å²) in [6, 6.07) is 10.7. The van der Waals surface area contributed by atoms with Crippen LogP contribution in [0.25, 0.3) is 0 Å². The highest BCUT2D eigenvalue weighted by molar-refractivity contribution is 9.10. The van der Waals surface area contributed by atoms with E-state index in [4.69, 9.17) is 9.47 Å². The van der Waals surface area contributed by atoms with Crippen molar-refractivity contribution in [3.63, 3.8) is 0 Å². The van der Waals surface area contributed by atoms with Crippen LogP contribution < -0.4 is 14.8 Å². The zero-order valence-electron chi connectivity index (χ0n) is 12.1. The van der Waals surface area contributed by atoms with Crippen molar-refractivity contribution in [3.05, 3.63) is 52.0 Å². The third-order valence-corrected chi connectivity index (χ3v) is 3.94. The zero-order chi connectivity index (χ0) is 15.4. The Bertz CT molecular complexity index is 671. The van der Waals surface area contributed by atoms with Crippen LogP contribution in [0.2, 0.25) is 0 Å². The first kappa shape index (κ1) is 15.4. The summed E-state index contributed by atoms with van der Waals surface area (Å²) in [5.74, 6) is 0.879. The number of hydrogen-bond acceptors (Lipinski definition) is 3. The van der Waals surface area contributed by atoms with Crippen molar-refractivity contribution in [1.29, 1.82) is 0 Å². The maximum atomic E-state index is 12.3. The van der Waals surface area contributed by atoms with Gasteiger partial charge in [0.15, 0.2) is 0 Å². The van der Waals surface area contributed by atoms with Crippen molar-refractivity contribution in [2.24, 2.45) is 0 Å². The molecule has 4 nitrogen and oxygen atoms in total. The molecule has 1 N–H and O–H groups in total. The number of benzene rings is 2. The van der Waals surface area contributed by atoms with Gasteiger partial charge in [0, 0.05) is 16.2 Å². The second-order valence-corrected chi connectivity index (χ2v) is 5.34. The summed E-state index contributed by atoms with van der Waals surface area (Å²) in [6.45, 7) is 1.99. The molecule has 0 aliphatic carbocycles. The number of methoxy groups -OCH3 is 2. The first-order chi connectivity index (χ1) is 10.0. The highest BCUT2D eigenvalue weighted by Gasteiger charge is 2.13. The van der Waals surface area contributed by atoms with Gasteiger partial charge in [-0.05, 0) is 36.8 Å². The highest BCUT2D eigenvalue weighted by Crippen LogP contribution is 2.26. The van der Waals surface area contributed by atoms with Gasteiger partial charge in [0.1, 0.15) is 11.5 Å². The summed E-state index contributed by atoms with van der Waals surface area (Å²) >= 11 is 3.45. The molecule has 110 valence electrons. The molecular weight excluding hydrogens is 334 g/mol. The molecule has 0 unspecified atom stereocenters. The van der Waals surface area contributed by atoms with Gasteiger partial charge in [-0.2, -0.15) is 0 Å². The van der Waals surface area contributed by atoms with E-state index in [2.05, 4.69) is 21.2 Å². The van der Waals surface area contributed by atoms with Gasteiger partial charge < -0.3 is 14.8 Å². The Labute approximate surface area is 132 Å². The molecule has 0 bridgehead atoms. The summed E-state index contributed by atoms with van der Waals surface area (Å²) < 4.78 is 11.3. The van der Waals surface area contributed by atoms with Gasteiger partial charge in [0.2, 0.25) is 0 Å². The molecule has 0 saturated carbocycles. The van der Waals surface area contributed by atoms with Gasteiger partial charge in [0.05, 0.1) is 19.8 Å². The van der Waals surface area contributed by atoms with Gasteiger partial charge >= 0.3 is 0 Å². The van der Waals surface area contributed by atoms with Gasteiger partial charge in [-0.15, -0.1) is 0 Å². The van der Waals surface area contributed by atoms with Crippen molar-refractivity contribution in [2.75, 3.05) is 19.5 Å². The predicted molar refractivity (Wildman–Crippen MR) is 86.4 cm³/mol. The third-order valence-electron chi connectivity index (χ3n) is 3.08. The Hall–Kier alpha value is -2.01. The average Bonchev–Trinajstić information content (AvgIpc) is 2.50. The summed E-state index contributed by atoms with van der Waals surface area (Å²) in [4.78, 5) is 12.3. The van der Waals surface area contributed by atoms with Crippen LogP contribution in [0.4, 0.5) is 5.69 Å². The van der Waals surface area contributed by atoms with Crippen molar-refractivity contribution in [3.8, 4) is 11.5 Å². The summed E-state index contributed by atoms with van der Waals surface area (Å²) in [5, 5.41) is 2.85. The fourth-order valence-electron chi connectivity index (χ4n) is 1.86. The number of carbonyl (C=O) groups excluding carboxylic acids is 1. The minimum atomic E-state index is -0.231. The second kappa shape index (κ2) is 6.63. The molecule has 0 saturated heterocycles. The Morgan fingerprint density at radius 2 is 1.86 bits per heavy atom. The van der Waals surface area contributed by atoms with Crippen LogP contribution in [-0.4, -0.2) is 20.1 Å². The van der Waals surface area contributed by atoms with Crippen LogP contribution >= 0.6 is 15.9 Å². The molecule has 0 radical (unpaired) electrons. The van der Waals surface area contributed by atoms with Crippen molar-refractivity contribution in [1.82, 2.24) is 0 Å². The molecule has 0 aliphatic rings. The molecule has 0 heterocycles. The van der Waals surface area contributed by atoms with Gasteiger partial charge in [-0.1, -0.05) is 22.0 Å². The van der Waals surface area contributed by atoms with E-state index >= 15 is 0 Å². The second-order valence-electron chi connectivity index (χ2n) is 4.48. The van der Waals surface area contributed by atoms with Crippen LogP contribution in [0, 0.1) is 6.92 Å². The van der Waals surface area contributed by atoms with Crippen LogP contribution in [0.1, 0.15) is 15.9 Å². The fraction of sp³-hybridized carbons (Fsp3) is 0.188. The maximum Gasteiger partial charge on any atom is 0.259 e. The van der Waals surface area contributed by atoms with E-state index in [1.807, 2.05) is 25.1 Å². The minimum Gasteiger partial charge on any atom is -0.497 e. The number of aryl methyl sites for hydroxylation is 1. The standard InChI is InChI=1S/C16H16BrNO3/c1-10-4-5-11(8-14(10)17)18-16(19)13-7-6-12(20-2)9-15(13)21-3/h4-9H,1-3H3,(H,18,19). The number of carbonyl (C=O) groups is 1. The first-order valence-corrected chi connectivity index (χ1v) is 7.14. The van der Waals surface area contributed by atoms with Crippen LogP contribution in [0.15, 0.2) is 40.9 Å². The average molecular weight is 350 g/mol. The van der Waals surface area contributed by atoms with Crippen molar-refractivity contribution in [2.45, 2.75) is 6.92 Å². The van der Waals surface area contributed by atoms with E-state index < -0.39 is 0 Å². The third kappa shape index (κ3) is 3.55. The highest BCUT2D eigenvalue weighted by atomic mass is 79.9. The summed E-state index contributed by atoms with van der Waals surface area (Å²) in [6.07, 6.45) is 0. The SMILES string of the molecule is COc1ccc(C(=O)Nc2ccc(C)c(Br)c2)c(OC)c1. The van der Waals surface area contributed by atoms with E-state index in [0.717, 1.165) is 15.7 Å². The molecule has 21 heavy (non-hydrogen) atoms. The van der Waals surface area contributed by atoms with E-state index in [9.17, 15) is 4.79 Å². The molecule has 2 aromatic carbocycles. The number of rotatable bonds is 4. The van der Waals surface area contributed by atoms with Crippen LogP contribution in [0.3, 0.4) is 0 Å². The van der Waals surface area contributed by atoms with E-state index in [1.165, 1.54) is 7.11 Å². The largest absolute Gasteiger partial charge is 0.497 e. The molecule has 0 atom stereocenters. The monoisotopic (exact) mass is 349 g/mol. The molecule has 2 rings (SSSR count). The molecule has 1 amide bonds. The lowest BCUT2D eigenvalue weighted by atomic mass is 10.1. The fourth-order valence-corrected chi connectivity index (χ4v) is 2.23. The Morgan fingerprint density at radius 1 is 1.10 bits per heavy atom. The lowest BCUT2D eigenvalue weighted by Gasteiger charge is -2.11. The Morgan fingerprint density at radius 3 is 2.48 bits per heavy atom. The maximum absolute atomic E-state index is 12.3. The predicted octanol–water partition coefficient (Wildman–Crippen LogP) is 4.03. The van der Waals surface area contributed by atoms with Gasteiger partial charge in [-0.3, -0.25) is 4.79 Å². The van der Waals surface area contributed by atoms with Gasteiger partial charge in [0.25, 0.3) is 5.91 Å². The van der Waals surface area contributed by atoms with Crippen molar-refractivity contribution < 1.29 is 14.3 Å². The number of anilines is 1. The number of halogens is 1. The summed E-state index contributed by atoms with van der Waals surface area (Å²) in [7, 11) is 3.09. The normalized spacial score (nSPS) is 10.1. The smallest absolute Gasteiger partial charge is 0.259 e.